The molecule has 1 atom stereocenters. The first kappa shape index (κ1) is 12.6. The molecule has 1 heterocycles. The molecule has 0 amide bonds. The number of nitrogens with one attached hydrogen (secondary N) is 1. The maximum Gasteiger partial charge on any atom is 0.323 e. The van der Waals surface area contributed by atoms with Crippen LogP contribution in [0.5, 0.6) is 0 Å². The van der Waals surface area contributed by atoms with Gasteiger partial charge in [0.25, 0.3) is 0 Å². The summed E-state index contributed by atoms with van der Waals surface area (Å²) in [6.07, 6.45) is 2.39. The van der Waals surface area contributed by atoms with Crippen LogP contribution < -0.4 is 5.73 Å². The van der Waals surface area contributed by atoms with Gasteiger partial charge in [-0.3, -0.25) is 4.79 Å². The average molecular weight is 246 g/mol. The van der Waals surface area contributed by atoms with Gasteiger partial charge in [-0.15, -0.1) is 0 Å². The van der Waals surface area contributed by atoms with E-state index in [0.29, 0.717) is 13.0 Å². The van der Waals surface area contributed by atoms with Gasteiger partial charge < -0.3 is 15.5 Å². The number of H-pyrrole nitrogens is 1. The molecule has 2 rings (SSSR count). The molecule has 1 aromatic carbocycles. The van der Waals surface area contributed by atoms with Crippen molar-refractivity contribution in [2.45, 2.75) is 26.3 Å². The molecule has 96 valence electrons. The number of rotatable bonds is 4. The van der Waals surface area contributed by atoms with Gasteiger partial charge >= 0.3 is 5.97 Å². The van der Waals surface area contributed by atoms with E-state index in [1.165, 1.54) is 5.56 Å². The number of fused-ring (bicyclic) bond motifs is 1. The summed E-state index contributed by atoms with van der Waals surface area (Å²) in [4.78, 5) is 14.7. The SMILES string of the molecule is CCOC(=O)C(N)Cc1c[nH]c2cc(C)ccc12. The van der Waals surface area contributed by atoms with Crippen LogP contribution in [0.15, 0.2) is 24.4 Å². The molecule has 0 saturated heterocycles. The van der Waals surface area contributed by atoms with E-state index in [-0.39, 0.29) is 5.97 Å². The molecule has 3 N–H and O–H groups in total. The predicted molar refractivity (Wildman–Crippen MR) is 71.3 cm³/mol. The Kier molecular flexibility index (Phi) is 3.67. The van der Waals surface area contributed by atoms with E-state index in [1.54, 1.807) is 6.92 Å². The van der Waals surface area contributed by atoms with E-state index in [2.05, 4.69) is 17.1 Å². The smallest absolute Gasteiger partial charge is 0.323 e. The topological polar surface area (TPSA) is 68.1 Å². The van der Waals surface area contributed by atoms with E-state index in [0.717, 1.165) is 16.5 Å². The van der Waals surface area contributed by atoms with Crippen molar-refractivity contribution in [3.63, 3.8) is 0 Å². The lowest BCUT2D eigenvalue weighted by Crippen LogP contribution is -2.34. The summed E-state index contributed by atoms with van der Waals surface area (Å²) < 4.78 is 4.91. The third kappa shape index (κ3) is 2.54. The fraction of sp³-hybridized carbons (Fsp3) is 0.357. The van der Waals surface area contributed by atoms with Crippen molar-refractivity contribution in [2.75, 3.05) is 6.61 Å². The van der Waals surface area contributed by atoms with E-state index in [1.807, 2.05) is 19.2 Å². The molecule has 0 fully saturated rings. The van der Waals surface area contributed by atoms with Crippen molar-refractivity contribution >= 4 is 16.9 Å². The number of aromatic nitrogens is 1. The van der Waals surface area contributed by atoms with Gasteiger partial charge in [0.15, 0.2) is 0 Å². The van der Waals surface area contributed by atoms with Crippen molar-refractivity contribution in [1.82, 2.24) is 4.98 Å². The van der Waals surface area contributed by atoms with Crippen molar-refractivity contribution < 1.29 is 9.53 Å². The minimum absolute atomic E-state index is 0.348. The van der Waals surface area contributed by atoms with E-state index < -0.39 is 6.04 Å². The molecule has 4 heteroatoms. The molecule has 0 aliphatic rings. The number of benzene rings is 1. The Balaban J connectivity index is 2.19. The molecule has 0 radical (unpaired) electrons. The molecule has 0 aliphatic heterocycles. The molecule has 18 heavy (non-hydrogen) atoms. The Morgan fingerprint density at radius 2 is 2.28 bits per heavy atom. The van der Waals surface area contributed by atoms with Crippen molar-refractivity contribution in [3.8, 4) is 0 Å². The van der Waals surface area contributed by atoms with Gasteiger partial charge in [-0.1, -0.05) is 12.1 Å². The summed E-state index contributed by atoms with van der Waals surface area (Å²) in [5, 5.41) is 1.11. The number of carbonyl (C=O) groups is 1. The van der Waals surface area contributed by atoms with E-state index in [9.17, 15) is 4.79 Å². The Morgan fingerprint density at radius 3 is 3.00 bits per heavy atom. The maximum absolute atomic E-state index is 11.5. The third-order valence-electron chi connectivity index (χ3n) is 2.95. The quantitative estimate of drug-likeness (QED) is 0.810. The summed E-state index contributed by atoms with van der Waals surface area (Å²) in [5.41, 5.74) is 9.14. The lowest BCUT2D eigenvalue weighted by atomic mass is 10.0. The molecule has 2 aromatic rings. The lowest BCUT2D eigenvalue weighted by molar-refractivity contribution is -0.144. The second-order valence-electron chi connectivity index (χ2n) is 4.43. The maximum atomic E-state index is 11.5. The molecule has 0 spiro atoms. The van der Waals surface area contributed by atoms with Crippen molar-refractivity contribution in [2.24, 2.45) is 5.73 Å². The summed E-state index contributed by atoms with van der Waals surface area (Å²) in [6, 6.07) is 5.57. The number of nitrogens with two attached hydrogens (primary N) is 1. The first-order chi connectivity index (χ1) is 8.61. The zero-order valence-corrected chi connectivity index (χ0v) is 10.7. The van der Waals surface area contributed by atoms with Crippen LogP contribution in [0.1, 0.15) is 18.1 Å². The molecule has 0 aliphatic carbocycles. The van der Waals surface area contributed by atoms with Crippen LogP contribution in [-0.2, 0) is 16.0 Å². The second kappa shape index (κ2) is 5.23. The largest absolute Gasteiger partial charge is 0.465 e. The van der Waals surface area contributed by atoms with Crippen LogP contribution in [0, 0.1) is 6.92 Å². The number of carbonyl (C=O) groups excluding carboxylic acids is 1. The average Bonchev–Trinajstić information content (AvgIpc) is 2.72. The van der Waals surface area contributed by atoms with Crippen LogP contribution in [0.25, 0.3) is 10.9 Å². The Hall–Kier alpha value is -1.81. The normalized spacial score (nSPS) is 12.6. The van der Waals surface area contributed by atoms with Crippen LogP contribution >= 0.6 is 0 Å². The number of hydrogen-bond donors (Lipinski definition) is 2. The highest BCUT2D eigenvalue weighted by Gasteiger charge is 2.16. The van der Waals surface area contributed by atoms with E-state index >= 15 is 0 Å². The predicted octanol–water partition coefficient (Wildman–Crippen LogP) is 1.91. The number of esters is 1. The Labute approximate surface area is 106 Å². The van der Waals surface area contributed by atoms with Gasteiger partial charge in [0.1, 0.15) is 6.04 Å². The Bertz CT molecular complexity index is 560. The van der Waals surface area contributed by atoms with Gasteiger partial charge in [-0.25, -0.2) is 0 Å². The summed E-state index contributed by atoms with van der Waals surface area (Å²) in [5.74, 6) is -0.348. The van der Waals surface area contributed by atoms with Gasteiger partial charge in [0.2, 0.25) is 0 Å². The monoisotopic (exact) mass is 246 g/mol. The summed E-state index contributed by atoms with van der Waals surface area (Å²) in [7, 11) is 0. The second-order valence-corrected chi connectivity index (χ2v) is 4.43. The fourth-order valence-corrected chi connectivity index (χ4v) is 2.04. The Morgan fingerprint density at radius 1 is 1.50 bits per heavy atom. The lowest BCUT2D eigenvalue weighted by Gasteiger charge is -2.09. The fourth-order valence-electron chi connectivity index (χ4n) is 2.04. The third-order valence-corrected chi connectivity index (χ3v) is 2.95. The minimum Gasteiger partial charge on any atom is -0.465 e. The summed E-state index contributed by atoms with van der Waals surface area (Å²) in [6.45, 7) is 4.18. The van der Waals surface area contributed by atoms with Gasteiger partial charge in [-0.05, 0) is 31.0 Å². The molecule has 0 saturated carbocycles. The van der Waals surface area contributed by atoms with Crippen LogP contribution in [-0.4, -0.2) is 23.6 Å². The van der Waals surface area contributed by atoms with Crippen molar-refractivity contribution in [3.05, 3.63) is 35.5 Å². The first-order valence-corrected chi connectivity index (χ1v) is 6.10. The molecule has 0 bridgehead atoms. The molecule has 1 unspecified atom stereocenters. The number of ether oxygens (including phenoxy) is 1. The van der Waals surface area contributed by atoms with Gasteiger partial charge in [0, 0.05) is 23.5 Å². The number of hydrogen-bond acceptors (Lipinski definition) is 3. The van der Waals surface area contributed by atoms with Crippen LogP contribution in [0.2, 0.25) is 0 Å². The zero-order valence-electron chi connectivity index (χ0n) is 10.7. The zero-order chi connectivity index (χ0) is 13.1. The highest BCUT2D eigenvalue weighted by Crippen LogP contribution is 2.20. The van der Waals surface area contributed by atoms with Crippen LogP contribution in [0.4, 0.5) is 0 Å². The number of aromatic amines is 1. The van der Waals surface area contributed by atoms with E-state index in [4.69, 9.17) is 10.5 Å². The highest BCUT2D eigenvalue weighted by molar-refractivity contribution is 5.85. The first-order valence-electron chi connectivity index (χ1n) is 6.10. The van der Waals surface area contributed by atoms with Gasteiger partial charge in [0.05, 0.1) is 6.61 Å². The highest BCUT2D eigenvalue weighted by atomic mass is 16.5. The molecule has 1 aromatic heterocycles. The molecular formula is C14H18N2O2. The molecule has 4 nitrogen and oxygen atoms in total. The molecular weight excluding hydrogens is 228 g/mol. The number of aryl methyl sites for hydroxylation is 1. The van der Waals surface area contributed by atoms with Crippen LogP contribution in [0.3, 0.4) is 0 Å². The summed E-state index contributed by atoms with van der Waals surface area (Å²) >= 11 is 0. The standard InChI is InChI=1S/C14H18N2O2/c1-3-18-14(17)12(15)7-10-8-16-13-6-9(2)4-5-11(10)13/h4-6,8,12,16H,3,7,15H2,1-2H3. The van der Waals surface area contributed by atoms with Gasteiger partial charge in [-0.2, -0.15) is 0 Å². The minimum atomic E-state index is -0.606. The van der Waals surface area contributed by atoms with Crippen molar-refractivity contribution in [1.29, 1.82) is 0 Å².